The smallest absolute Gasteiger partial charge is 0.269 e. The van der Waals surface area contributed by atoms with E-state index in [0.29, 0.717) is 16.4 Å². The van der Waals surface area contributed by atoms with Gasteiger partial charge in [0.1, 0.15) is 11.3 Å². The number of ether oxygens (including phenoxy) is 1. The fourth-order valence-electron chi connectivity index (χ4n) is 2.09. The SMILES string of the molecule is COc1cccc2sc(NNC(=O)c3cccc(SC)c3)nc12. The summed E-state index contributed by atoms with van der Waals surface area (Å²) in [6.45, 7) is 0. The number of nitrogens with one attached hydrogen (secondary N) is 2. The van der Waals surface area contributed by atoms with Crippen LogP contribution in [0.2, 0.25) is 0 Å². The van der Waals surface area contributed by atoms with Gasteiger partial charge in [0.2, 0.25) is 5.13 Å². The number of hydrogen-bond acceptors (Lipinski definition) is 6. The molecule has 7 heteroatoms. The van der Waals surface area contributed by atoms with Crippen LogP contribution in [0.4, 0.5) is 5.13 Å². The molecule has 2 N–H and O–H groups in total. The van der Waals surface area contributed by atoms with E-state index < -0.39 is 0 Å². The summed E-state index contributed by atoms with van der Waals surface area (Å²) in [5.41, 5.74) is 6.92. The Bertz CT molecular complexity index is 848. The van der Waals surface area contributed by atoms with Gasteiger partial charge >= 0.3 is 0 Å². The first kappa shape index (κ1) is 15.6. The van der Waals surface area contributed by atoms with Gasteiger partial charge in [-0.05, 0) is 36.6 Å². The second-order valence-electron chi connectivity index (χ2n) is 4.64. The molecule has 0 aliphatic rings. The summed E-state index contributed by atoms with van der Waals surface area (Å²) in [5.74, 6) is 0.512. The van der Waals surface area contributed by atoms with Crippen LogP contribution in [-0.4, -0.2) is 24.3 Å². The number of amides is 1. The zero-order valence-corrected chi connectivity index (χ0v) is 14.3. The minimum absolute atomic E-state index is 0.202. The molecule has 0 saturated heterocycles. The first-order chi connectivity index (χ1) is 11.2. The van der Waals surface area contributed by atoms with E-state index >= 15 is 0 Å². The number of aromatic nitrogens is 1. The summed E-state index contributed by atoms with van der Waals surface area (Å²) in [7, 11) is 1.61. The molecule has 0 aliphatic carbocycles. The maximum atomic E-state index is 12.2. The number of carbonyl (C=O) groups is 1. The average Bonchev–Trinajstić information content (AvgIpc) is 3.02. The highest BCUT2D eigenvalue weighted by Gasteiger charge is 2.10. The molecule has 0 bridgehead atoms. The highest BCUT2D eigenvalue weighted by Crippen LogP contribution is 2.31. The van der Waals surface area contributed by atoms with Gasteiger partial charge in [0.15, 0.2) is 0 Å². The van der Waals surface area contributed by atoms with E-state index in [0.717, 1.165) is 15.1 Å². The molecular formula is C16H15N3O2S2. The van der Waals surface area contributed by atoms with E-state index in [1.807, 2.05) is 42.7 Å². The van der Waals surface area contributed by atoms with Crippen molar-refractivity contribution in [1.29, 1.82) is 0 Å². The summed E-state index contributed by atoms with van der Waals surface area (Å²) in [5, 5.41) is 0.610. The predicted octanol–water partition coefficient (Wildman–Crippen LogP) is 3.78. The monoisotopic (exact) mass is 345 g/mol. The van der Waals surface area contributed by atoms with E-state index in [9.17, 15) is 4.79 Å². The molecule has 5 nitrogen and oxygen atoms in total. The van der Waals surface area contributed by atoms with E-state index in [4.69, 9.17) is 4.74 Å². The molecule has 0 fully saturated rings. The minimum Gasteiger partial charge on any atom is -0.494 e. The van der Waals surface area contributed by atoms with Gasteiger partial charge in [-0.3, -0.25) is 15.6 Å². The number of nitrogens with zero attached hydrogens (tertiary/aromatic N) is 1. The third-order valence-corrected chi connectivity index (χ3v) is 4.88. The number of methoxy groups -OCH3 is 1. The Labute approximate surface area is 142 Å². The second kappa shape index (κ2) is 6.89. The largest absolute Gasteiger partial charge is 0.494 e. The lowest BCUT2D eigenvalue weighted by Crippen LogP contribution is -2.29. The van der Waals surface area contributed by atoms with Crippen molar-refractivity contribution in [1.82, 2.24) is 10.4 Å². The molecular weight excluding hydrogens is 330 g/mol. The van der Waals surface area contributed by atoms with E-state index in [2.05, 4.69) is 15.8 Å². The van der Waals surface area contributed by atoms with Crippen LogP contribution in [0.15, 0.2) is 47.4 Å². The Morgan fingerprint density at radius 3 is 2.87 bits per heavy atom. The van der Waals surface area contributed by atoms with Gasteiger partial charge in [-0.2, -0.15) is 0 Å². The summed E-state index contributed by atoms with van der Waals surface area (Å²) in [4.78, 5) is 17.7. The quantitative estimate of drug-likeness (QED) is 0.544. The van der Waals surface area contributed by atoms with Gasteiger partial charge in [-0.1, -0.05) is 23.5 Å². The van der Waals surface area contributed by atoms with Crippen LogP contribution in [-0.2, 0) is 0 Å². The number of rotatable bonds is 5. The number of thioether (sulfide) groups is 1. The molecule has 0 aliphatic heterocycles. The third-order valence-electron chi connectivity index (χ3n) is 3.22. The maximum Gasteiger partial charge on any atom is 0.269 e. The number of hydrogen-bond donors (Lipinski definition) is 2. The summed E-state index contributed by atoms with van der Waals surface area (Å²) in [6.07, 6.45) is 1.98. The molecule has 2 aromatic carbocycles. The van der Waals surface area contributed by atoms with Crippen molar-refractivity contribution >= 4 is 44.4 Å². The average molecular weight is 345 g/mol. The molecule has 0 unspecified atom stereocenters. The molecule has 1 amide bonds. The highest BCUT2D eigenvalue weighted by molar-refractivity contribution is 7.98. The van der Waals surface area contributed by atoms with Gasteiger partial charge in [0.25, 0.3) is 5.91 Å². The lowest BCUT2D eigenvalue weighted by Gasteiger charge is -2.06. The van der Waals surface area contributed by atoms with Crippen molar-refractivity contribution in [2.45, 2.75) is 4.90 Å². The van der Waals surface area contributed by atoms with Gasteiger partial charge in [0, 0.05) is 10.5 Å². The molecule has 0 spiro atoms. The topological polar surface area (TPSA) is 63.2 Å². The molecule has 1 heterocycles. The maximum absolute atomic E-state index is 12.2. The first-order valence-corrected chi connectivity index (χ1v) is 8.89. The molecule has 3 aromatic rings. The Kier molecular flexibility index (Phi) is 4.68. The molecule has 118 valence electrons. The Morgan fingerprint density at radius 1 is 1.26 bits per heavy atom. The first-order valence-electron chi connectivity index (χ1n) is 6.85. The van der Waals surface area contributed by atoms with Crippen molar-refractivity contribution in [3.8, 4) is 5.75 Å². The van der Waals surface area contributed by atoms with Gasteiger partial charge in [-0.15, -0.1) is 11.8 Å². The molecule has 0 saturated carbocycles. The zero-order chi connectivity index (χ0) is 16.2. The number of para-hydroxylation sites is 1. The number of fused-ring (bicyclic) bond motifs is 1. The van der Waals surface area contributed by atoms with Crippen molar-refractivity contribution in [3.63, 3.8) is 0 Å². The highest BCUT2D eigenvalue weighted by atomic mass is 32.2. The van der Waals surface area contributed by atoms with Gasteiger partial charge in [-0.25, -0.2) is 4.98 Å². The van der Waals surface area contributed by atoms with E-state index in [1.54, 1.807) is 24.9 Å². The van der Waals surface area contributed by atoms with Crippen LogP contribution in [0.1, 0.15) is 10.4 Å². The molecule has 1 aromatic heterocycles. The van der Waals surface area contributed by atoms with Crippen molar-refractivity contribution in [2.24, 2.45) is 0 Å². The second-order valence-corrected chi connectivity index (χ2v) is 6.55. The van der Waals surface area contributed by atoms with Crippen LogP contribution in [0.5, 0.6) is 5.75 Å². The number of anilines is 1. The lowest BCUT2D eigenvalue weighted by atomic mass is 10.2. The standard InChI is InChI=1S/C16H15N3O2S2/c1-21-12-7-4-8-13-14(12)17-16(23-13)19-18-15(20)10-5-3-6-11(9-10)22-2/h3-9H,1-2H3,(H,17,19)(H,18,20). The number of hydrazine groups is 1. The Balaban J connectivity index is 1.74. The molecule has 3 rings (SSSR count). The molecule has 0 atom stereocenters. The van der Waals surface area contributed by atoms with Crippen molar-refractivity contribution in [2.75, 3.05) is 18.8 Å². The number of benzene rings is 2. The minimum atomic E-state index is -0.202. The predicted molar refractivity (Wildman–Crippen MR) is 95.5 cm³/mol. The summed E-state index contributed by atoms with van der Waals surface area (Å²) < 4.78 is 6.28. The van der Waals surface area contributed by atoms with Crippen molar-refractivity contribution < 1.29 is 9.53 Å². The normalized spacial score (nSPS) is 10.5. The van der Waals surface area contributed by atoms with Crippen LogP contribution in [0.3, 0.4) is 0 Å². The summed E-state index contributed by atoms with van der Waals surface area (Å²) in [6, 6.07) is 13.2. The Morgan fingerprint density at radius 2 is 2.09 bits per heavy atom. The van der Waals surface area contributed by atoms with Crippen LogP contribution < -0.4 is 15.6 Å². The van der Waals surface area contributed by atoms with E-state index in [1.165, 1.54) is 11.3 Å². The molecule has 23 heavy (non-hydrogen) atoms. The van der Waals surface area contributed by atoms with Crippen LogP contribution >= 0.6 is 23.1 Å². The lowest BCUT2D eigenvalue weighted by molar-refractivity contribution is 0.0962. The number of carbonyl (C=O) groups excluding carboxylic acids is 1. The summed E-state index contributed by atoms with van der Waals surface area (Å²) >= 11 is 3.05. The van der Waals surface area contributed by atoms with E-state index in [-0.39, 0.29) is 5.91 Å². The fourth-order valence-corrected chi connectivity index (χ4v) is 3.38. The number of thiazole rings is 1. The third kappa shape index (κ3) is 3.40. The van der Waals surface area contributed by atoms with Gasteiger partial charge in [0.05, 0.1) is 11.8 Å². The van der Waals surface area contributed by atoms with Crippen LogP contribution in [0.25, 0.3) is 10.2 Å². The zero-order valence-electron chi connectivity index (χ0n) is 12.6. The van der Waals surface area contributed by atoms with Crippen molar-refractivity contribution in [3.05, 3.63) is 48.0 Å². The molecule has 0 radical (unpaired) electrons. The fraction of sp³-hybridized carbons (Fsp3) is 0.125. The van der Waals surface area contributed by atoms with Crippen LogP contribution in [0, 0.1) is 0 Å². The Hall–Kier alpha value is -2.25. The van der Waals surface area contributed by atoms with Gasteiger partial charge < -0.3 is 4.74 Å².